The molecule has 0 aromatic heterocycles. The number of anilines is 1. The molecule has 32 heavy (non-hydrogen) atoms. The second-order valence-electron chi connectivity index (χ2n) is 6.95. The summed E-state index contributed by atoms with van der Waals surface area (Å²) in [5.41, 5.74) is 1.70. The third kappa shape index (κ3) is 5.93. The number of thiol groups is 1. The number of nitrogens with one attached hydrogen (secondary N) is 1. The second kappa shape index (κ2) is 11.1. The number of aromatic hydroxyl groups is 1. The van der Waals surface area contributed by atoms with Gasteiger partial charge in [-0.15, -0.1) is 0 Å². The van der Waals surface area contributed by atoms with Gasteiger partial charge in [0.15, 0.2) is 0 Å². The van der Waals surface area contributed by atoms with Gasteiger partial charge < -0.3 is 14.6 Å². The Kier molecular flexibility index (Phi) is 7.95. The molecule has 1 amide bonds. The minimum atomic E-state index is -0.663. The Morgan fingerprint density at radius 1 is 1.06 bits per heavy atom. The number of carbonyl (C=O) groups is 2. The smallest absolute Gasteiger partial charge is 0.412 e. The highest BCUT2D eigenvalue weighted by molar-refractivity contribution is 7.81. The van der Waals surface area contributed by atoms with E-state index in [2.05, 4.69) is 17.9 Å². The number of hydrogen-bond acceptors (Lipinski definition) is 7. The molecule has 0 bridgehead atoms. The van der Waals surface area contributed by atoms with E-state index in [-0.39, 0.29) is 18.1 Å². The Morgan fingerprint density at radius 3 is 2.47 bits per heavy atom. The molecule has 7 nitrogen and oxygen atoms in total. The van der Waals surface area contributed by atoms with Crippen molar-refractivity contribution in [2.24, 2.45) is 0 Å². The Hall–Kier alpha value is -3.70. The van der Waals surface area contributed by atoms with Crippen LogP contribution in [-0.2, 0) is 14.3 Å². The van der Waals surface area contributed by atoms with E-state index in [1.165, 1.54) is 0 Å². The Balaban J connectivity index is 1.79. The van der Waals surface area contributed by atoms with Crippen molar-refractivity contribution in [3.8, 4) is 11.8 Å². The summed E-state index contributed by atoms with van der Waals surface area (Å²) < 4.78 is 10.8. The number of phenolic OH excluding ortho intramolecular Hbond substituents is 1. The first kappa shape index (κ1) is 23.0. The summed E-state index contributed by atoms with van der Waals surface area (Å²) in [6.07, 6.45) is -0.448. The molecule has 0 heterocycles. The molecule has 0 aliphatic heterocycles. The maximum absolute atomic E-state index is 12.6. The van der Waals surface area contributed by atoms with Gasteiger partial charge in [-0.2, -0.15) is 17.9 Å². The lowest BCUT2D eigenvalue weighted by molar-refractivity contribution is -0.140. The van der Waals surface area contributed by atoms with Crippen LogP contribution < -0.4 is 5.32 Å². The molecule has 3 rings (SSSR count). The summed E-state index contributed by atoms with van der Waals surface area (Å²) in [4.78, 5) is 23.9. The van der Waals surface area contributed by atoms with Crippen LogP contribution in [0.4, 0.5) is 10.5 Å². The van der Waals surface area contributed by atoms with Crippen LogP contribution in [-0.4, -0.2) is 29.5 Å². The van der Waals surface area contributed by atoms with Gasteiger partial charge in [-0.25, -0.2) is 4.79 Å². The maximum atomic E-state index is 12.6. The van der Waals surface area contributed by atoms with Crippen molar-refractivity contribution in [1.29, 1.82) is 5.26 Å². The summed E-state index contributed by atoms with van der Waals surface area (Å²) in [7, 11) is 0. The third-order valence-corrected chi connectivity index (χ3v) is 5.05. The van der Waals surface area contributed by atoms with Crippen molar-refractivity contribution < 1.29 is 24.2 Å². The highest BCUT2D eigenvalue weighted by Gasteiger charge is 2.20. The molecule has 3 aromatic rings. The predicted molar refractivity (Wildman–Crippen MR) is 124 cm³/mol. The zero-order valence-electron chi connectivity index (χ0n) is 17.2. The molecular formula is C24H22N2O5S. The fourth-order valence-corrected chi connectivity index (χ4v) is 3.36. The number of nitriles is 1. The number of ether oxygens (including phenoxy) is 2. The zero-order valence-corrected chi connectivity index (χ0v) is 18.0. The van der Waals surface area contributed by atoms with Gasteiger partial charge in [-0.05, 0) is 48.6 Å². The number of amides is 1. The molecule has 8 heteroatoms. The van der Waals surface area contributed by atoms with Crippen LogP contribution in [0.15, 0.2) is 60.7 Å². The fourth-order valence-electron chi connectivity index (χ4n) is 3.27. The van der Waals surface area contributed by atoms with Gasteiger partial charge >= 0.3 is 12.1 Å². The Bertz CT molecular complexity index is 1140. The van der Waals surface area contributed by atoms with Crippen LogP contribution in [0.5, 0.6) is 5.75 Å². The van der Waals surface area contributed by atoms with E-state index in [1.54, 1.807) is 42.5 Å². The molecule has 0 saturated heterocycles. The van der Waals surface area contributed by atoms with E-state index >= 15 is 0 Å². The molecule has 0 radical (unpaired) electrons. The number of phenols is 1. The van der Waals surface area contributed by atoms with Crippen LogP contribution in [0.3, 0.4) is 0 Å². The first-order valence-electron chi connectivity index (χ1n) is 9.96. The summed E-state index contributed by atoms with van der Waals surface area (Å²) in [6, 6.07) is 19.0. The first-order chi connectivity index (χ1) is 15.5. The molecule has 164 valence electrons. The summed E-state index contributed by atoms with van der Waals surface area (Å²) in [5, 5.41) is 23.2. The summed E-state index contributed by atoms with van der Waals surface area (Å²) in [6.45, 7) is 0.173. The van der Waals surface area contributed by atoms with Crippen molar-refractivity contribution in [3.05, 3.63) is 71.8 Å². The lowest BCUT2D eigenvalue weighted by atomic mass is 9.97. The van der Waals surface area contributed by atoms with Gasteiger partial charge in [-0.3, -0.25) is 10.1 Å². The highest BCUT2D eigenvalue weighted by atomic mass is 32.1. The molecule has 0 spiro atoms. The maximum Gasteiger partial charge on any atom is 0.412 e. The molecule has 1 atom stereocenters. The largest absolute Gasteiger partial charge is 0.507 e. The molecule has 3 aromatic carbocycles. The van der Waals surface area contributed by atoms with Gasteiger partial charge in [0.2, 0.25) is 0 Å². The average molecular weight is 451 g/mol. The summed E-state index contributed by atoms with van der Waals surface area (Å²) >= 11 is 3.88. The van der Waals surface area contributed by atoms with Crippen molar-refractivity contribution in [2.45, 2.75) is 18.9 Å². The van der Waals surface area contributed by atoms with E-state index in [9.17, 15) is 14.7 Å². The highest BCUT2D eigenvalue weighted by Crippen LogP contribution is 2.34. The molecule has 0 unspecified atom stereocenters. The quantitative estimate of drug-likeness (QED) is 0.254. The van der Waals surface area contributed by atoms with Crippen molar-refractivity contribution in [1.82, 2.24) is 0 Å². The van der Waals surface area contributed by atoms with Crippen LogP contribution in [0.2, 0.25) is 0 Å². The second-order valence-corrected chi connectivity index (χ2v) is 7.26. The van der Waals surface area contributed by atoms with Crippen LogP contribution in [0.1, 0.15) is 30.1 Å². The first-order valence-corrected chi connectivity index (χ1v) is 10.6. The predicted octanol–water partition coefficient (Wildman–Crippen LogP) is 4.96. The van der Waals surface area contributed by atoms with Crippen molar-refractivity contribution >= 4 is 41.2 Å². The Morgan fingerprint density at radius 2 is 1.78 bits per heavy atom. The molecule has 0 aliphatic carbocycles. The minimum Gasteiger partial charge on any atom is -0.507 e. The van der Waals surface area contributed by atoms with E-state index in [4.69, 9.17) is 14.7 Å². The summed E-state index contributed by atoms with van der Waals surface area (Å²) in [5.74, 6) is -0.289. The zero-order chi connectivity index (χ0) is 22.9. The van der Waals surface area contributed by atoms with Gasteiger partial charge in [0.05, 0.1) is 24.0 Å². The lowest BCUT2D eigenvalue weighted by Crippen LogP contribution is -2.18. The van der Waals surface area contributed by atoms with Crippen LogP contribution >= 0.6 is 12.6 Å². The molecule has 2 N–H and O–H groups in total. The number of carbonyl (C=O) groups excluding carboxylic acids is 2. The van der Waals surface area contributed by atoms with Gasteiger partial charge in [0, 0.05) is 16.6 Å². The van der Waals surface area contributed by atoms with Crippen molar-refractivity contribution in [3.63, 3.8) is 0 Å². The van der Waals surface area contributed by atoms with Crippen LogP contribution in [0, 0.1) is 11.3 Å². The van der Waals surface area contributed by atoms with Gasteiger partial charge in [0.1, 0.15) is 11.9 Å². The number of hydrogen-bond donors (Lipinski definition) is 3. The number of nitrogens with zero attached hydrogens (tertiary/aromatic N) is 1. The normalized spacial score (nSPS) is 11.4. The van der Waals surface area contributed by atoms with E-state index < -0.39 is 18.2 Å². The monoisotopic (exact) mass is 450 g/mol. The number of benzene rings is 3. The van der Waals surface area contributed by atoms with E-state index in [0.29, 0.717) is 29.5 Å². The average Bonchev–Trinajstić information content (AvgIpc) is 2.82. The van der Waals surface area contributed by atoms with Crippen LogP contribution in [0.25, 0.3) is 10.8 Å². The number of fused-ring (bicyclic) bond motifs is 1. The number of rotatable bonds is 8. The van der Waals surface area contributed by atoms with Crippen molar-refractivity contribution in [2.75, 3.05) is 17.7 Å². The molecule has 0 aliphatic rings. The van der Waals surface area contributed by atoms with Gasteiger partial charge in [-0.1, -0.05) is 30.3 Å². The fraction of sp³-hybridized carbons (Fsp3) is 0.208. The molecular weight excluding hydrogens is 428 g/mol. The van der Waals surface area contributed by atoms with E-state index in [1.807, 2.05) is 24.3 Å². The minimum absolute atomic E-state index is 0.00444. The SMILES string of the molecule is N#Cc1ccc(NC(=O)O[C@@H](CCCOC(=O)CS)c2ccc(O)c3ccccc23)cc1. The molecule has 0 fully saturated rings. The number of esters is 1. The topological polar surface area (TPSA) is 109 Å². The lowest BCUT2D eigenvalue weighted by Gasteiger charge is -2.21. The van der Waals surface area contributed by atoms with Gasteiger partial charge in [0.25, 0.3) is 0 Å². The van der Waals surface area contributed by atoms with E-state index in [0.717, 1.165) is 10.9 Å². The Labute approximate surface area is 191 Å². The third-order valence-electron chi connectivity index (χ3n) is 4.79. The standard InChI is InChI=1S/C24H22N2O5S/c25-14-16-7-9-17(10-8-16)26-24(29)31-22(6-3-13-30-23(28)15-32)20-11-12-21(27)19-5-2-1-4-18(19)20/h1-2,4-5,7-12,22,27,32H,3,6,13,15H2,(H,26,29)/t22-/m0/s1. The molecule has 0 saturated carbocycles.